The van der Waals surface area contributed by atoms with Crippen LogP contribution in [0, 0.1) is 0 Å². The Hall–Kier alpha value is -2.90. The summed E-state index contributed by atoms with van der Waals surface area (Å²) >= 11 is 12.0. The largest absolute Gasteiger partial charge is 0.452 e. The van der Waals surface area contributed by atoms with Crippen LogP contribution < -0.4 is 10.9 Å². The van der Waals surface area contributed by atoms with Gasteiger partial charge in [0.25, 0.3) is 11.5 Å². The van der Waals surface area contributed by atoms with Crippen molar-refractivity contribution in [2.24, 2.45) is 0 Å². The van der Waals surface area contributed by atoms with E-state index in [-0.39, 0.29) is 16.1 Å². The lowest BCUT2D eigenvalue weighted by molar-refractivity contribution is -0.119. The lowest BCUT2D eigenvalue weighted by Crippen LogP contribution is -2.25. The molecule has 0 radical (unpaired) electrons. The molecule has 1 aromatic heterocycles. The van der Waals surface area contributed by atoms with Gasteiger partial charge < -0.3 is 10.1 Å². The predicted molar refractivity (Wildman–Crippen MR) is 119 cm³/mol. The summed E-state index contributed by atoms with van der Waals surface area (Å²) in [5, 5.41) is 3.50. The molecule has 0 aliphatic carbocycles. The molecule has 0 atom stereocenters. The van der Waals surface area contributed by atoms with Crippen LogP contribution in [0.4, 0.5) is 5.69 Å². The van der Waals surface area contributed by atoms with Gasteiger partial charge in [-0.05, 0) is 43.2 Å². The van der Waals surface area contributed by atoms with Crippen molar-refractivity contribution in [3.05, 3.63) is 68.2 Å². The molecule has 0 fully saturated rings. The number of amides is 1. The Morgan fingerprint density at radius 3 is 2.81 bits per heavy atom. The standard InChI is InChI=1S/C22H19Cl2N3O4/c23-15-5-4-6-16(20(15)24)26-19(28)12-31-22(30)13-8-9-14-17(11-13)25-18-7-2-1-3-10-27(18)21(14)29/h4-6,8-9,11H,1-3,7,10,12H2,(H,26,28). The van der Waals surface area contributed by atoms with E-state index < -0.39 is 18.5 Å². The highest BCUT2D eigenvalue weighted by Gasteiger charge is 2.17. The molecule has 160 valence electrons. The minimum atomic E-state index is -0.689. The average Bonchev–Trinajstić information content (AvgIpc) is 3.01. The maximum Gasteiger partial charge on any atom is 0.338 e. The van der Waals surface area contributed by atoms with Crippen molar-refractivity contribution in [2.45, 2.75) is 32.2 Å². The minimum absolute atomic E-state index is 0.0976. The molecular weight excluding hydrogens is 441 g/mol. The second-order valence-electron chi connectivity index (χ2n) is 7.25. The summed E-state index contributed by atoms with van der Waals surface area (Å²) in [5.74, 6) is -0.510. The molecule has 9 heteroatoms. The molecule has 3 aromatic rings. The molecule has 0 unspecified atom stereocenters. The SMILES string of the molecule is O=C(COC(=O)c1ccc2c(=O)n3c(nc2c1)CCCCC3)Nc1cccc(Cl)c1Cl. The molecule has 0 saturated heterocycles. The summed E-state index contributed by atoms with van der Waals surface area (Å²) in [6, 6.07) is 9.43. The Balaban J connectivity index is 1.48. The maximum atomic E-state index is 12.8. The fourth-order valence-electron chi connectivity index (χ4n) is 3.55. The van der Waals surface area contributed by atoms with Gasteiger partial charge in [0.15, 0.2) is 6.61 Å². The van der Waals surface area contributed by atoms with Gasteiger partial charge in [-0.1, -0.05) is 35.7 Å². The number of fused-ring (bicyclic) bond motifs is 2. The number of halogens is 2. The highest BCUT2D eigenvalue weighted by Crippen LogP contribution is 2.29. The third-order valence-corrected chi connectivity index (χ3v) is 5.93. The number of aromatic nitrogens is 2. The van der Waals surface area contributed by atoms with Gasteiger partial charge >= 0.3 is 5.97 Å². The third kappa shape index (κ3) is 4.57. The van der Waals surface area contributed by atoms with Gasteiger partial charge in [-0.25, -0.2) is 9.78 Å². The summed E-state index contributed by atoms with van der Waals surface area (Å²) in [6.45, 7) is 0.159. The van der Waals surface area contributed by atoms with Crippen LogP contribution in [0.5, 0.6) is 0 Å². The number of ether oxygens (including phenoxy) is 1. The molecule has 2 heterocycles. The van der Waals surface area contributed by atoms with Crippen LogP contribution in [0.2, 0.25) is 10.0 Å². The molecule has 7 nitrogen and oxygen atoms in total. The number of rotatable bonds is 4. The first-order valence-electron chi connectivity index (χ1n) is 9.88. The fourth-order valence-corrected chi connectivity index (χ4v) is 3.89. The Morgan fingerprint density at radius 1 is 1.13 bits per heavy atom. The van der Waals surface area contributed by atoms with Crippen molar-refractivity contribution in [3.63, 3.8) is 0 Å². The van der Waals surface area contributed by atoms with E-state index in [0.717, 1.165) is 31.5 Å². The van der Waals surface area contributed by atoms with Crippen LogP contribution in [0.15, 0.2) is 41.2 Å². The van der Waals surface area contributed by atoms with E-state index in [1.807, 2.05) is 0 Å². The van der Waals surface area contributed by atoms with Gasteiger partial charge in [0, 0.05) is 13.0 Å². The second-order valence-corrected chi connectivity index (χ2v) is 8.04. The summed E-state index contributed by atoms with van der Waals surface area (Å²) in [7, 11) is 0. The first-order valence-corrected chi connectivity index (χ1v) is 10.6. The van der Waals surface area contributed by atoms with Gasteiger partial charge in [-0.3, -0.25) is 14.2 Å². The van der Waals surface area contributed by atoms with Crippen LogP contribution in [0.1, 0.15) is 35.4 Å². The minimum Gasteiger partial charge on any atom is -0.452 e. The Labute approximate surface area is 187 Å². The summed E-state index contributed by atoms with van der Waals surface area (Å²) < 4.78 is 6.83. The summed E-state index contributed by atoms with van der Waals surface area (Å²) in [4.78, 5) is 41.9. The number of aryl methyl sites for hydroxylation is 1. The van der Waals surface area contributed by atoms with E-state index in [4.69, 9.17) is 27.9 Å². The summed E-state index contributed by atoms with van der Waals surface area (Å²) in [5.41, 5.74) is 0.889. The number of carbonyl (C=O) groups excluding carboxylic acids is 2. The number of hydrogen-bond acceptors (Lipinski definition) is 5. The highest BCUT2D eigenvalue weighted by atomic mass is 35.5. The molecule has 1 amide bonds. The monoisotopic (exact) mass is 459 g/mol. The number of hydrogen-bond donors (Lipinski definition) is 1. The zero-order valence-corrected chi connectivity index (χ0v) is 18.0. The summed E-state index contributed by atoms with van der Waals surface area (Å²) in [6.07, 6.45) is 3.71. The number of nitrogens with one attached hydrogen (secondary N) is 1. The average molecular weight is 460 g/mol. The van der Waals surface area contributed by atoms with Crippen LogP contribution >= 0.6 is 23.2 Å². The molecule has 4 rings (SSSR count). The van der Waals surface area contributed by atoms with Crippen molar-refractivity contribution in [3.8, 4) is 0 Å². The molecule has 0 spiro atoms. The van der Waals surface area contributed by atoms with Gasteiger partial charge in [-0.2, -0.15) is 0 Å². The van der Waals surface area contributed by atoms with Crippen molar-refractivity contribution in [2.75, 3.05) is 11.9 Å². The Bertz CT molecular complexity index is 1240. The molecular formula is C22H19Cl2N3O4. The number of anilines is 1. The van der Waals surface area contributed by atoms with Crippen molar-refractivity contribution in [1.82, 2.24) is 9.55 Å². The van der Waals surface area contributed by atoms with E-state index in [2.05, 4.69) is 10.3 Å². The molecule has 1 N–H and O–H groups in total. The molecule has 0 saturated carbocycles. The number of benzene rings is 2. The van der Waals surface area contributed by atoms with Crippen LogP contribution in [0.25, 0.3) is 10.9 Å². The number of nitrogens with zero attached hydrogens (tertiary/aromatic N) is 2. The van der Waals surface area contributed by atoms with Gasteiger partial charge in [0.05, 0.1) is 32.2 Å². The van der Waals surface area contributed by atoms with E-state index in [9.17, 15) is 14.4 Å². The first kappa shape index (κ1) is 21.3. The van der Waals surface area contributed by atoms with E-state index in [0.29, 0.717) is 28.2 Å². The zero-order valence-electron chi connectivity index (χ0n) is 16.5. The third-order valence-electron chi connectivity index (χ3n) is 5.11. The van der Waals surface area contributed by atoms with E-state index in [1.165, 1.54) is 12.1 Å². The normalized spacial score (nSPS) is 13.4. The number of carbonyl (C=O) groups is 2. The van der Waals surface area contributed by atoms with Crippen LogP contribution in [-0.4, -0.2) is 28.0 Å². The molecule has 1 aliphatic rings. The maximum absolute atomic E-state index is 12.8. The van der Waals surface area contributed by atoms with E-state index in [1.54, 1.807) is 28.8 Å². The number of esters is 1. The fraction of sp³-hybridized carbons (Fsp3) is 0.273. The zero-order chi connectivity index (χ0) is 22.0. The Morgan fingerprint density at radius 2 is 1.97 bits per heavy atom. The van der Waals surface area contributed by atoms with Crippen molar-refractivity contribution in [1.29, 1.82) is 0 Å². The van der Waals surface area contributed by atoms with Crippen LogP contribution in [0.3, 0.4) is 0 Å². The Kier molecular flexibility index (Phi) is 6.25. The molecule has 2 aromatic carbocycles. The van der Waals surface area contributed by atoms with Crippen molar-refractivity contribution >= 4 is 51.7 Å². The lowest BCUT2D eigenvalue weighted by atomic mass is 10.1. The molecule has 0 bridgehead atoms. The van der Waals surface area contributed by atoms with Crippen LogP contribution in [-0.2, 0) is 22.5 Å². The first-order chi connectivity index (χ1) is 14.9. The second kappa shape index (κ2) is 9.08. The predicted octanol–water partition coefficient (Wildman–Crippen LogP) is 4.23. The quantitative estimate of drug-likeness (QED) is 0.589. The molecule has 1 aliphatic heterocycles. The van der Waals surface area contributed by atoms with Gasteiger partial charge in [-0.15, -0.1) is 0 Å². The highest BCUT2D eigenvalue weighted by molar-refractivity contribution is 6.44. The molecule has 31 heavy (non-hydrogen) atoms. The van der Waals surface area contributed by atoms with Crippen molar-refractivity contribution < 1.29 is 14.3 Å². The van der Waals surface area contributed by atoms with E-state index >= 15 is 0 Å². The topological polar surface area (TPSA) is 90.3 Å². The lowest BCUT2D eigenvalue weighted by Gasteiger charge is -2.11. The van der Waals surface area contributed by atoms with Gasteiger partial charge in [0.1, 0.15) is 5.82 Å². The smallest absolute Gasteiger partial charge is 0.338 e. The van der Waals surface area contributed by atoms with Gasteiger partial charge in [0.2, 0.25) is 0 Å².